The predicted octanol–water partition coefficient (Wildman–Crippen LogP) is -0.184. The fourth-order valence-corrected chi connectivity index (χ4v) is 1.91. The molecule has 2 aromatic rings. The fourth-order valence-electron chi connectivity index (χ4n) is 1.91. The number of carbonyl (C=O) groups excluding carboxylic acids is 1. The minimum Gasteiger partial charge on any atom is -0.353 e. The van der Waals surface area contributed by atoms with Gasteiger partial charge in [0.25, 0.3) is 0 Å². The Morgan fingerprint density at radius 1 is 1.47 bits per heavy atom. The van der Waals surface area contributed by atoms with Crippen LogP contribution in [0.1, 0.15) is 23.3 Å². The average Bonchev–Trinajstić information content (AvgIpc) is 2.89. The topological polar surface area (TPSA) is 92.9 Å². The van der Waals surface area contributed by atoms with Crippen LogP contribution in [0.5, 0.6) is 0 Å². The third-order valence-corrected chi connectivity index (χ3v) is 2.88. The van der Waals surface area contributed by atoms with Crippen LogP contribution in [-0.4, -0.2) is 34.1 Å². The van der Waals surface area contributed by atoms with E-state index in [0.717, 1.165) is 5.56 Å². The molecule has 1 atom stereocenters. The summed E-state index contributed by atoms with van der Waals surface area (Å²) in [7, 11) is 0. The van der Waals surface area contributed by atoms with Gasteiger partial charge in [-0.1, -0.05) is 11.2 Å². The van der Waals surface area contributed by atoms with E-state index >= 15 is 0 Å². The minimum atomic E-state index is -0.118. The van der Waals surface area contributed by atoms with Crippen molar-refractivity contribution in [1.29, 1.82) is 0 Å². The highest BCUT2D eigenvalue weighted by atomic mass is 16.5. The van der Waals surface area contributed by atoms with E-state index in [9.17, 15) is 4.79 Å². The molecule has 0 aromatic carbocycles. The molecule has 3 heterocycles. The second-order valence-electron chi connectivity index (χ2n) is 4.32. The number of aromatic nitrogens is 3. The molecule has 1 saturated heterocycles. The third-order valence-electron chi connectivity index (χ3n) is 2.88. The van der Waals surface area contributed by atoms with Crippen LogP contribution in [0, 0.1) is 0 Å². The Hall–Kier alpha value is -2.28. The molecule has 7 heteroatoms. The van der Waals surface area contributed by atoms with Crippen molar-refractivity contribution in [2.24, 2.45) is 0 Å². The number of pyridine rings is 1. The molecule has 2 aromatic heterocycles. The first-order valence-electron chi connectivity index (χ1n) is 6.03. The summed E-state index contributed by atoms with van der Waals surface area (Å²) in [4.78, 5) is 19.4. The second-order valence-corrected chi connectivity index (χ2v) is 4.32. The Bertz CT molecular complexity index is 559. The molecule has 2 N–H and O–H groups in total. The van der Waals surface area contributed by atoms with Crippen molar-refractivity contribution in [3.05, 3.63) is 41.8 Å². The molecule has 1 amide bonds. The molecule has 1 fully saturated rings. The van der Waals surface area contributed by atoms with Crippen LogP contribution in [0.25, 0.3) is 0 Å². The lowest BCUT2D eigenvalue weighted by atomic mass is 10.2. The van der Waals surface area contributed by atoms with Crippen molar-refractivity contribution >= 4 is 5.91 Å². The number of rotatable bonds is 3. The van der Waals surface area contributed by atoms with Crippen molar-refractivity contribution in [1.82, 2.24) is 25.8 Å². The molecule has 98 valence electrons. The van der Waals surface area contributed by atoms with Gasteiger partial charge >= 0.3 is 0 Å². The summed E-state index contributed by atoms with van der Waals surface area (Å²) in [6.45, 7) is 0.734. The zero-order valence-corrected chi connectivity index (χ0v) is 10.2. The summed E-state index contributed by atoms with van der Waals surface area (Å²) in [6.07, 6.45) is 4.07. The normalized spacial score (nSPS) is 19.2. The fraction of sp³-hybridized carbons (Fsp3) is 0.333. The third kappa shape index (κ3) is 2.76. The highest BCUT2D eigenvalue weighted by Crippen LogP contribution is 2.13. The molecule has 3 rings (SSSR count). The molecule has 0 saturated carbocycles. The van der Waals surface area contributed by atoms with Crippen LogP contribution < -0.4 is 10.6 Å². The Morgan fingerprint density at radius 2 is 2.42 bits per heavy atom. The molecule has 1 aliphatic rings. The molecule has 7 nitrogen and oxygen atoms in total. The van der Waals surface area contributed by atoms with Gasteiger partial charge in [0.15, 0.2) is 5.82 Å². The first-order chi connectivity index (χ1) is 9.31. The van der Waals surface area contributed by atoms with E-state index in [0.29, 0.717) is 24.7 Å². The first-order valence-corrected chi connectivity index (χ1v) is 6.03. The van der Waals surface area contributed by atoms with Crippen molar-refractivity contribution in [2.75, 3.05) is 13.1 Å². The molecular weight excluding hydrogens is 246 g/mol. The summed E-state index contributed by atoms with van der Waals surface area (Å²) in [5.74, 6) is 1.09. The van der Waals surface area contributed by atoms with E-state index in [-0.39, 0.29) is 18.5 Å². The smallest absolute Gasteiger partial charge is 0.245 e. The van der Waals surface area contributed by atoms with Gasteiger partial charge in [-0.25, -0.2) is 0 Å². The van der Waals surface area contributed by atoms with Gasteiger partial charge in [0, 0.05) is 25.4 Å². The van der Waals surface area contributed by atoms with Gasteiger partial charge in [-0.15, -0.1) is 0 Å². The van der Waals surface area contributed by atoms with E-state index in [4.69, 9.17) is 4.52 Å². The zero-order chi connectivity index (χ0) is 13.1. The number of piperazine rings is 1. The van der Waals surface area contributed by atoms with Crippen LogP contribution in [0.15, 0.2) is 29.0 Å². The monoisotopic (exact) mass is 259 g/mol. The molecule has 0 aliphatic carbocycles. The molecule has 19 heavy (non-hydrogen) atoms. The number of nitrogens with zero attached hydrogens (tertiary/aromatic N) is 3. The van der Waals surface area contributed by atoms with Gasteiger partial charge in [0.2, 0.25) is 11.8 Å². The lowest BCUT2D eigenvalue weighted by molar-refractivity contribution is -0.121. The molecule has 0 radical (unpaired) electrons. The van der Waals surface area contributed by atoms with Crippen LogP contribution >= 0.6 is 0 Å². The van der Waals surface area contributed by atoms with Gasteiger partial charge in [-0.05, 0) is 11.6 Å². The maximum atomic E-state index is 11.0. The number of carbonyl (C=O) groups is 1. The van der Waals surface area contributed by atoms with Gasteiger partial charge in [-0.3, -0.25) is 15.1 Å². The van der Waals surface area contributed by atoms with Crippen molar-refractivity contribution in [3.8, 4) is 0 Å². The Balaban J connectivity index is 1.68. The van der Waals surface area contributed by atoms with E-state index in [1.54, 1.807) is 12.4 Å². The zero-order valence-electron chi connectivity index (χ0n) is 10.2. The van der Waals surface area contributed by atoms with Gasteiger partial charge in [0.1, 0.15) is 6.04 Å². The van der Waals surface area contributed by atoms with Crippen molar-refractivity contribution in [2.45, 2.75) is 12.5 Å². The number of amides is 1. The maximum absolute atomic E-state index is 11.0. The predicted molar refractivity (Wildman–Crippen MR) is 65.1 cm³/mol. The van der Waals surface area contributed by atoms with E-state index in [1.165, 1.54) is 0 Å². The SMILES string of the molecule is O=C1CNC(c2nc(Cc3cccnc3)no2)CN1. The maximum Gasteiger partial charge on any atom is 0.245 e. The van der Waals surface area contributed by atoms with E-state index in [1.807, 2.05) is 12.1 Å². The van der Waals surface area contributed by atoms with Crippen LogP contribution in [0.2, 0.25) is 0 Å². The standard InChI is InChI=1S/C12H13N5O2/c18-11-7-14-9(6-15-11)12-16-10(17-19-12)4-8-2-1-3-13-5-8/h1-3,5,9,14H,4,6-7H2,(H,15,18). The van der Waals surface area contributed by atoms with Gasteiger partial charge in [-0.2, -0.15) is 4.98 Å². The molecule has 1 aliphatic heterocycles. The molecular formula is C12H13N5O2. The van der Waals surface area contributed by atoms with Crippen LogP contribution in [0.4, 0.5) is 0 Å². The highest BCUT2D eigenvalue weighted by Gasteiger charge is 2.23. The molecule has 0 bridgehead atoms. The number of hydrogen-bond acceptors (Lipinski definition) is 6. The Morgan fingerprint density at radius 3 is 3.16 bits per heavy atom. The quantitative estimate of drug-likeness (QED) is 0.794. The Labute approximate surface area is 109 Å². The van der Waals surface area contributed by atoms with Crippen molar-refractivity contribution < 1.29 is 9.32 Å². The lowest BCUT2D eigenvalue weighted by Crippen LogP contribution is -2.47. The number of nitrogens with one attached hydrogen (secondary N) is 2. The first kappa shape index (κ1) is 11.8. The van der Waals surface area contributed by atoms with Gasteiger partial charge < -0.3 is 9.84 Å². The Kier molecular flexibility index (Phi) is 3.20. The molecule has 1 unspecified atom stereocenters. The van der Waals surface area contributed by atoms with Crippen molar-refractivity contribution in [3.63, 3.8) is 0 Å². The second kappa shape index (κ2) is 5.15. The van der Waals surface area contributed by atoms with E-state index in [2.05, 4.69) is 25.8 Å². The largest absolute Gasteiger partial charge is 0.353 e. The van der Waals surface area contributed by atoms with Crippen LogP contribution in [0.3, 0.4) is 0 Å². The average molecular weight is 259 g/mol. The lowest BCUT2D eigenvalue weighted by Gasteiger charge is -2.20. The molecule has 0 spiro atoms. The summed E-state index contributed by atoms with van der Waals surface area (Å²) in [5.41, 5.74) is 1.03. The summed E-state index contributed by atoms with van der Waals surface area (Å²) in [5, 5.41) is 9.73. The van der Waals surface area contributed by atoms with Crippen LogP contribution in [-0.2, 0) is 11.2 Å². The van der Waals surface area contributed by atoms with Gasteiger partial charge in [0.05, 0.1) is 6.54 Å². The minimum absolute atomic E-state index is 0.0219. The summed E-state index contributed by atoms with van der Waals surface area (Å²) >= 11 is 0. The summed E-state index contributed by atoms with van der Waals surface area (Å²) in [6, 6.07) is 3.71. The number of hydrogen-bond donors (Lipinski definition) is 2. The summed E-state index contributed by atoms with van der Waals surface area (Å²) < 4.78 is 5.22. The van der Waals surface area contributed by atoms with E-state index < -0.39 is 0 Å². The highest BCUT2D eigenvalue weighted by molar-refractivity contribution is 5.78.